The SMILES string of the molecule is CC(C)(C)NCC1(O)CCCc2ccccc21. The molecule has 2 nitrogen and oxygen atoms in total. The minimum Gasteiger partial charge on any atom is -0.384 e. The van der Waals surface area contributed by atoms with Gasteiger partial charge in [-0.25, -0.2) is 0 Å². The van der Waals surface area contributed by atoms with Crippen molar-refractivity contribution in [3.8, 4) is 0 Å². The van der Waals surface area contributed by atoms with E-state index in [0.717, 1.165) is 24.8 Å². The summed E-state index contributed by atoms with van der Waals surface area (Å²) >= 11 is 0. The number of β-amino-alcohol motifs (C(OH)–C–C–N with tert-alkyl or cyclic N) is 1. The highest BCUT2D eigenvalue weighted by atomic mass is 16.3. The van der Waals surface area contributed by atoms with Crippen LogP contribution < -0.4 is 5.32 Å². The molecule has 0 bridgehead atoms. The molecule has 0 fully saturated rings. The van der Waals surface area contributed by atoms with Crippen molar-refractivity contribution >= 4 is 0 Å². The summed E-state index contributed by atoms with van der Waals surface area (Å²) in [6.45, 7) is 7.02. The highest BCUT2D eigenvalue weighted by Gasteiger charge is 2.34. The third-order valence-corrected chi connectivity index (χ3v) is 3.47. The minimum absolute atomic E-state index is 0.0438. The maximum atomic E-state index is 10.8. The van der Waals surface area contributed by atoms with E-state index in [0.29, 0.717) is 6.54 Å². The highest BCUT2D eigenvalue weighted by molar-refractivity contribution is 5.35. The topological polar surface area (TPSA) is 32.3 Å². The second kappa shape index (κ2) is 4.43. The van der Waals surface area contributed by atoms with Gasteiger partial charge >= 0.3 is 0 Å². The molecule has 2 N–H and O–H groups in total. The van der Waals surface area contributed by atoms with Gasteiger partial charge in [0.15, 0.2) is 0 Å². The Kier molecular flexibility index (Phi) is 3.28. The van der Waals surface area contributed by atoms with Crippen molar-refractivity contribution in [2.45, 2.75) is 51.2 Å². The van der Waals surface area contributed by atoms with E-state index < -0.39 is 5.60 Å². The van der Waals surface area contributed by atoms with Crippen molar-refractivity contribution in [3.05, 3.63) is 35.4 Å². The zero-order valence-corrected chi connectivity index (χ0v) is 11.1. The van der Waals surface area contributed by atoms with Gasteiger partial charge in [0.2, 0.25) is 0 Å². The molecule has 2 rings (SSSR count). The van der Waals surface area contributed by atoms with Crippen molar-refractivity contribution in [3.63, 3.8) is 0 Å². The molecule has 0 saturated carbocycles. The minimum atomic E-state index is -0.692. The van der Waals surface area contributed by atoms with E-state index >= 15 is 0 Å². The molecule has 0 radical (unpaired) electrons. The van der Waals surface area contributed by atoms with Crippen molar-refractivity contribution < 1.29 is 5.11 Å². The van der Waals surface area contributed by atoms with Crippen LogP contribution in [-0.2, 0) is 12.0 Å². The molecule has 1 unspecified atom stereocenters. The number of hydrogen-bond donors (Lipinski definition) is 2. The van der Waals surface area contributed by atoms with Crippen LogP contribution in [0.3, 0.4) is 0 Å². The van der Waals surface area contributed by atoms with Gasteiger partial charge in [0.25, 0.3) is 0 Å². The first-order valence-electron chi connectivity index (χ1n) is 6.47. The average molecular weight is 233 g/mol. The van der Waals surface area contributed by atoms with Gasteiger partial charge in [0.1, 0.15) is 5.60 Å². The van der Waals surface area contributed by atoms with Gasteiger partial charge in [0.05, 0.1) is 0 Å². The molecule has 1 aromatic carbocycles. The summed E-state index contributed by atoms with van der Waals surface area (Å²) in [5.41, 5.74) is 1.77. The normalized spacial score (nSPS) is 24.5. The van der Waals surface area contributed by atoms with Gasteiger partial charge < -0.3 is 10.4 Å². The van der Waals surface area contributed by atoms with E-state index in [4.69, 9.17) is 0 Å². The van der Waals surface area contributed by atoms with Gasteiger partial charge in [-0.3, -0.25) is 0 Å². The second-order valence-electron chi connectivity index (χ2n) is 6.15. The molecule has 0 heterocycles. The quantitative estimate of drug-likeness (QED) is 0.823. The highest BCUT2D eigenvalue weighted by Crippen LogP contribution is 2.34. The molecule has 1 atom stereocenters. The van der Waals surface area contributed by atoms with E-state index in [1.807, 2.05) is 6.07 Å². The standard InChI is InChI=1S/C15H23NO/c1-14(2,3)16-11-15(17)10-6-8-12-7-4-5-9-13(12)15/h4-5,7,9,16-17H,6,8,10-11H2,1-3H3. The summed E-state index contributed by atoms with van der Waals surface area (Å²) in [6, 6.07) is 8.28. The molecule has 17 heavy (non-hydrogen) atoms. The molecular formula is C15H23NO. The maximum Gasteiger partial charge on any atom is 0.102 e. The Morgan fingerprint density at radius 2 is 2.00 bits per heavy atom. The lowest BCUT2D eigenvalue weighted by atomic mass is 9.79. The van der Waals surface area contributed by atoms with Gasteiger partial charge in [0, 0.05) is 12.1 Å². The second-order valence-corrected chi connectivity index (χ2v) is 6.15. The number of fused-ring (bicyclic) bond motifs is 1. The monoisotopic (exact) mass is 233 g/mol. The Balaban J connectivity index is 2.21. The first-order chi connectivity index (χ1) is 7.91. The van der Waals surface area contributed by atoms with E-state index in [1.165, 1.54) is 5.56 Å². The number of aryl methyl sites for hydroxylation is 1. The third kappa shape index (κ3) is 2.88. The first kappa shape index (κ1) is 12.6. The smallest absolute Gasteiger partial charge is 0.102 e. The van der Waals surface area contributed by atoms with Crippen LogP contribution in [-0.4, -0.2) is 17.2 Å². The predicted octanol–water partition coefficient (Wildman–Crippen LogP) is 2.60. The fraction of sp³-hybridized carbons (Fsp3) is 0.600. The number of aliphatic hydroxyl groups is 1. The Morgan fingerprint density at radius 3 is 2.71 bits per heavy atom. The molecule has 0 spiro atoms. The van der Waals surface area contributed by atoms with Crippen molar-refractivity contribution in [2.75, 3.05) is 6.54 Å². The summed E-state index contributed by atoms with van der Waals surface area (Å²) in [5, 5.41) is 14.2. The van der Waals surface area contributed by atoms with Crippen LogP contribution in [0.5, 0.6) is 0 Å². The van der Waals surface area contributed by atoms with Crippen LogP contribution in [0.4, 0.5) is 0 Å². The zero-order valence-electron chi connectivity index (χ0n) is 11.1. The van der Waals surface area contributed by atoms with Crippen LogP contribution in [0, 0.1) is 0 Å². The Morgan fingerprint density at radius 1 is 1.29 bits per heavy atom. The summed E-state index contributed by atoms with van der Waals surface area (Å²) in [6.07, 6.45) is 3.01. The number of rotatable bonds is 2. The summed E-state index contributed by atoms with van der Waals surface area (Å²) in [7, 11) is 0. The van der Waals surface area contributed by atoms with Gasteiger partial charge in [-0.1, -0.05) is 24.3 Å². The van der Waals surface area contributed by atoms with Crippen LogP contribution in [0.1, 0.15) is 44.7 Å². The van der Waals surface area contributed by atoms with E-state index in [1.54, 1.807) is 0 Å². The van der Waals surface area contributed by atoms with E-state index in [9.17, 15) is 5.11 Å². The molecule has 94 valence electrons. The van der Waals surface area contributed by atoms with Gasteiger partial charge in [-0.2, -0.15) is 0 Å². The average Bonchev–Trinajstić information content (AvgIpc) is 2.27. The Hall–Kier alpha value is -0.860. The molecule has 1 aromatic rings. The fourth-order valence-electron chi connectivity index (χ4n) is 2.49. The number of nitrogens with one attached hydrogen (secondary N) is 1. The van der Waals surface area contributed by atoms with Gasteiger partial charge in [-0.15, -0.1) is 0 Å². The maximum absolute atomic E-state index is 10.8. The molecule has 2 heteroatoms. The van der Waals surface area contributed by atoms with Crippen molar-refractivity contribution in [1.29, 1.82) is 0 Å². The molecule has 0 aliphatic heterocycles. The van der Waals surface area contributed by atoms with Crippen molar-refractivity contribution in [1.82, 2.24) is 5.32 Å². The van der Waals surface area contributed by atoms with Crippen LogP contribution in [0.25, 0.3) is 0 Å². The summed E-state index contributed by atoms with van der Waals surface area (Å²) in [4.78, 5) is 0. The molecule has 1 aliphatic carbocycles. The van der Waals surface area contributed by atoms with Crippen LogP contribution >= 0.6 is 0 Å². The number of benzene rings is 1. The Labute approximate surface area is 104 Å². The molecular weight excluding hydrogens is 210 g/mol. The fourth-order valence-corrected chi connectivity index (χ4v) is 2.49. The molecule has 0 amide bonds. The van der Waals surface area contributed by atoms with Crippen LogP contribution in [0.2, 0.25) is 0 Å². The summed E-state index contributed by atoms with van der Waals surface area (Å²) in [5.74, 6) is 0. The lowest BCUT2D eigenvalue weighted by Gasteiger charge is -2.37. The van der Waals surface area contributed by atoms with Gasteiger partial charge in [-0.05, 0) is 51.2 Å². The van der Waals surface area contributed by atoms with E-state index in [2.05, 4.69) is 44.3 Å². The summed E-state index contributed by atoms with van der Waals surface area (Å²) < 4.78 is 0. The zero-order chi connectivity index (χ0) is 12.5. The lowest BCUT2D eigenvalue weighted by Crippen LogP contribution is -2.47. The molecule has 0 saturated heterocycles. The lowest BCUT2D eigenvalue weighted by molar-refractivity contribution is 0.0137. The Bertz CT molecular complexity index is 394. The predicted molar refractivity (Wildman–Crippen MR) is 71.0 cm³/mol. The van der Waals surface area contributed by atoms with E-state index in [-0.39, 0.29) is 5.54 Å². The van der Waals surface area contributed by atoms with Crippen molar-refractivity contribution in [2.24, 2.45) is 0 Å². The first-order valence-corrected chi connectivity index (χ1v) is 6.47. The number of hydrogen-bond acceptors (Lipinski definition) is 2. The molecule has 0 aromatic heterocycles. The third-order valence-electron chi connectivity index (χ3n) is 3.47. The molecule has 1 aliphatic rings. The van der Waals surface area contributed by atoms with Crippen LogP contribution in [0.15, 0.2) is 24.3 Å². The largest absolute Gasteiger partial charge is 0.384 e.